The standard InChI is InChI=1S/C13H11FN4O/c1-18-7-9(16)5-12(18)13(19)17-10-2-3-11(14)8(4-10)6-15/h2-5,7H,16H2,1H3,(H,17,19). The van der Waals surface area contributed by atoms with Crippen molar-refractivity contribution in [1.82, 2.24) is 4.57 Å². The van der Waals surface area contributed by atoms with Crippen molar-refractivity contribution < 1.29 is 9.18 Å². The third-order valence-corrected chi connectivity index (χ3v) is 2.60. The van der Waals surface area contributed by atoms with Crippen LogP contribution < -0.4 is 11.1 Å². The van der Waals surface area contributed by atoms with E-state index in [0.29, 0.717) is 17.1 Å². The first kappa shape index (κ1) is 12.6. The van der Waals surface area contributed by atoms with E-state index in [4.69, 9.17) is 11.0 Å². The van der Waals surface area contributed by atoms with E-state index in [1.807, 2.05) is 0 Å². The van der Waals surface area contributed by atoms with Crippen molar-refractivity contribution in [3.05, 3.63) is 47.5 Å². The molecule has 0 aliphatic rings. The molecule has 0 aliphatic carbocycles. The van der Waals surface area contributed by atoms with Crippen LogP contribution >= 0.6 is 0 Å². The highest BCUT2D eigenvalue weighted by molar-refractivity contribution is 6.03. The van der Waals surface area contributed by atoms with Crippen LogP contribution in [-0.4, -0.2) is 10.5 Å². The summed E-state index contributed by atoms with van der Waals surface area (Å²) in [5.74, 6) is -1.00. The number of nitrogen functional groups attached to an aromatic ring is 1. The van der Waals surface area contributed by atoms with Crippen molar-refractivity contribution in [1.29, 1.82) is 5.26 Å². The normalized spacial score (nSPS) is 9.95. The molecule has 0 atom stereocenters. The largest absolute Gasteiger partial charge is 0.397 e. The summed E-state index contributed by atoms with van der Waals surface area (Å²) in [6.07, 6.45) is 1.61. The van der Waals surface area contributed by atoms with Gasteiger partial charge in [0.1, 0.15) is 17.6 Å². The molecule has 19 heavy (non-hydrogen) atoms. The maximum Gasteiger partial charge on any atom is 0.272 e. The number of rotatable bonds is 2. The molecule has 0 unspecified atom stereocenters. The molecule has 0 bridgehead atoms. The number of hydrogen-bond donors (Lipinski definition) is 2. The number of nitrogens with two attached hydrogens (primary N) is 1. The van der Waals surface area contributed by atoms with Gasteiger partial charge in [0.2, 0.25) is 0 Å². The van der Waals surface area contributed by atoms with Crippen LogP contribution in [0, 0.1) is 17.1 Å². The average molecular weight is 258 g/mol. The van der Waals surface area contributed by atoms with Crippen LogP contribution in [0.25, 0.3) is 0 Å². The monoisotopic (exact) mass is 258 g/mol. The lowest BCUT2D eigenvalue weighted by Crippen LogP contribution is -2.15. The van der Waals surface area contributed by atoms with Gasteiger partial charge in [0, 0.05) is 18.9 Å². The van der Waals surface area contributed by atoms with E-state index < -0.39 is 5.82 Å². The molecule has 1 aromatic heterocycles. The molecule has 0 aliphatic heterocycles. The number of halogens is 1. The first-order chi connectivity index (χ1) is 9.01. The SMILES string of the molecule is Cn1cc(N)cc1C(=O)Nc1ccc(F)c(C#N)c1. The van der Waals surface area contributed by atoms with E-state index in [9.17, 15) is 9.18 Å². The Hall–Kier alpha value is -2.81. The van der Waals surface area contributed by atoms with Gasteiger partial charge in [0.15, 0.2) is 0 Å². The van der Waals surface area contributed by atoms with Crippen LogP contribution in [0.3, 0.4) is 0 Å². The van der Waals surface area contributed by atoms with Crippen molar-refractivity contribution in [3.8, 4) is 6.07 Å². The van der Waals surface area contributed by atoms with Gasteiger partial charge in [-0.15, -0.1) is 0 Å². The lowest BCUT2D eigenvalue weighted by molar-refractivity contribution is 0.101. The average Bonchev–Trinajstić information content (AvgIpc) is 2.71. The number of anilines is 2. The van der Waals surface area contributed by atoms with Crippen LogP contribution in [0.15, 0.2) is 30.5 Å². The minimum absolute atomic E-state index is 0.121. The maximum atomic E-state index is 13.1. The highest BCUT2D eigenvalue weighted by Crippen LogP contribution is 2.16. The highest BCUT2D eigenvalue weighted by atomic mass is 19.1. The zero-order chi connectivity index (χ0) is 14.0. The summed E-state index contributed by atoms with van der Waals surface area (Å²) < 4.78 is 14.7. The Labute approximate surface area is 109 Å². The van der Waals surface area contributed by atoms with Crippen molar-refractivity contribution in [3.63, 3.8) is 0 Å². The topological polar surface area (TPSA) is 83.8 Å². The number of amides is 1. The first-order valence-electron chi connectivity index (χ1n) is 5.44. The molecular formula is C13H11FN4O. The van der Waals surface area contributed by atoms with Crippen LogP contribution in [0.2, 0.25) is 0 Å². The molecule has 0 saturated carbocycles. The Morgan fingerprint density at radius 3 is 2.79 bits per heavy atom. The minimum Gasteiger partial charge on any atom is -0.397 e. The Bertz CT molecular complexity index is 684. The maximum absolute atomic E-state index is 13.1. The molecule has 1 amide bonds. The van der Waals surface area contributed by atoms with Crippen LogP contribution in [-0.2, 0) is 7.05 Å². The van der Waals surface area contributed by atoms with E-state index in [0.717, 1.165) is 6.07 Å². The molecule has 6 heteroatoms. The molecule has 1 heterocycles. The fourth-order valence-electron chi connectivity index (χ4n) is 1.70. The molecular weight excluding hydrogens is 247 g/mol. The zero-order valence-electron chi connectivity index (χ0n) is 10.1. The predicted molar refractivity (Wildman–Crippen MR) is 68.9 cm³/mol. The molecule has 0 spiro atoms. The van der Waals surface area contributed by atoms with Gasteiger partial charge in [-0.25, -0.2) is 4.39 Å². The Morgan fingerprint density at radius 1 is 1.47 bits per heavy atom. The van der Waals surface area contributed by atoms with Crippen molar-refractivity contribution in [2.45, 2.75) is 0 Å². The smallest absolute Gasteiger partial charge is 0.272 e. The molecule has 0 fully saturated rings. The summed E-state index contributed by atoms with van der Waals surface area (Å²) in [6.45, 7) is 0. The lowest BCUT2D eigenvalue weighted by Gasteiger charge is -2.06. The number of nitrogens with zero attached hydrogens (tertiary/aromatic N) is 2. The Kier molecular flexibility index (Phi) is 3.21. The molecule has 0 saturated heterocycles. The molecule has 3 N–H and O–H groups in total. The summed E-state index contributed by atoms with van der Waals surface area (Å²) in [7, 11) is 1.69. The summed E-state index contributed by atoms with van der Waals surface area (Å²) in [5.41, 5.74) is 6.66. The van der Waals surface area contributed by atoms with E-state index in [2.05, 4.69) is 5.32 Å². The third-order valence-electron chi connectivity index (χ3n) is 2.60. The second-order valence-electron chi connectivity index (χ2n) is 4.03. The lowest BCUT2D eigenvalue weighted by atomic mass is 10.2. The molecule has 0 radical (unpaired) electrons. The Balaban J connectivity index is 2.25. The number of benzene rings is 1. The summed E-state index contributed by atoms with van der Waals surface area (Å²) in [4.78, 5) is 12.0. The number of nitriles is 1. The van der Waals surface area contributed by atoms with Crippen LogP contribution in [0.4, 0.5) is 15.8 Å². The molecule has 2 aromatic rings. The number of hydrogen-bond acceptors (Lipinski definition) is 3. The fourth-order valence-corrected chi connectivity index (χ4v) is 1.70. The van der Waals surface area contributed by atoms with Gasteiger partial charge in [0.25, 0.3) is 5.91 Å². The van der Waals surface area contributed by atoms with Crippen LogP contribution in [0.5, 0.6) is 0 Å². The van der Waals surface area contributed by atoms with Gasteiger partial charge in [0.05, 0.1) is 11.3 Å². The number of aromatic nitrogens is 1. The summed E-state index contributed by atoms with van der Waals surface area (Å²) in [6, 6.07) is 7.04. The summed E-state index contributed by atoms with van der Waals surface area (Å²) in [5, 5.41) is 11.3. The number of aryl methyl sites for hydroxylation is 1. The van der Waals surface area contributed by atoms with E-state index in [1.165, 1.54) is 18.2 Å². The van der Waals surface area contributed by atoms with Crippen molar-refractivity contribution in [2.75, 3.05) is 11.1 Å². The molecule has 1 aromatic carbocycles. The third kappa shape index (κ3) is 2.55. The number of carbonyl (C=O) groups is 1. The minimum atomic E-state index is -0.622. The van der Waals surface area contributed by atoms with Gasteiger partial charge in [-0.3, -0.25) is 4.79 Å². The zero-order valence-corrected chi connectivity index (χ0v) is 10.1. The van der Waals surface area contributed by atoms with Gasteiger partial charge >= 0.3 is 0 Å². The highest BCUT2D eigenvalue weighted by Gasteiger charge is 2.12. The van der Waals surface area contributed by atoms with Gasteiger partial charge in [-0.1, -0.05) is 0 Å². The summed E-state index contributed by atoms with van der Waals surface area (Å²) >= 11 is 0. The first-order valence-corrected chi connectivity index (χ1v) is 5.44. The van der Waals surface area contributed by atoms with E-state index in [-0.39, 0.29) is 11.5 Å². The van der Waals surface area contributed by atoms with Crippen molar-refractivity contribution >= 4 is 17.3 Å². The quantitative estimate of drug-likeness (QED) is 0.862. The van der Waals surface area contributed by atoms with E-state index >= 15 is 0 Å². The second kappa shape index (κ2) is 4.82. The molecule has 5 nitrogen and oxygen atoms in total. The van der Waals surface area contributed by atoms with Gasteiger partial charge in [-0.05, 0) is 24.3 Å². The Morgan fingerprint density at radius 2 is 2.21 bits per heavy atom. The van der Waals surface area contributed by atoms with Gasteiger partial charge < -0.3 is 15.6 Å². The number of nitrogens with one attached hydrogen (secondary N) is 1. The van der Waals surface area contributed by atoms with E-state index in [1.54, 1.807) is 23.9 Å². The van der Waals surface area contributed by atoms with Crippen LogP contribution in [0.1, 0.15) is 16.1 Å². The predicted octanol–water partition coefficient (Wildman–Crippen LogP) is 1.87. The fraction of sp³-hybridized carbons (Fsp3) is 0.0769. The van der Waals surface area contributed by atoms with Crippen molar-refractivity contribution in [2.24, 2.45) is 7.05 Å². The molecule has 96 valence electrons. The second-order valence-corrected chi connectivity index (χ2v) is 4.03. The molecule has 2 rings (SSSR count). The number of carbonyl (C=O) groups excluding carboxylic acids is 1. The van der Waals surface area contributed by atoms with Gasteiger partial charge in [-0.2, -0.15) is 5.26 Å².